The van der Waals surface area contributed by atoms with Gasteiger partial charge in [-0.3, -0.25) is 14.6 Å². The molecule has 0 aliphatic carbocycles. The summed E-state index contributed by atoms with van der Waals surface area (Å²) in [7, 11) is 1.60. The molecule has 0 spiro atoms. The second kappa shape index (κ2) is 7.67. The molecule has 2 heterocycles. The smallest absolute Gasteiger partial charge is 0.259 e. The van der Waals surface area contributed by atoms with Gasteiger partial charge < -0.3 is 4.74 Å². The normalized spacial score (nSPS) is 20.1. The Hall–Kier alpha value is -3.45. The second-order valence-corrected chi connectivity index (χ2v) is 8.22. The molecule has 154 valence electrons. The van der Waals surface area contributed by atoms with Crippen LogP contribution in [0.2, 0.25) is 0 Å². The fourth-order valence-corrected chi connectivity index (χ4v) is 4.32. The van der Waals surface area contributed by atoms with Gasteiger partial charge in [0.2, 0.25) is 5.91 Å². The number of rotatable bonds is 4. The highest BCUT2D eigenvalue weighted by atomic mass is 79.9. The Labute approximate surface area is 187 Å². The molecule has 2 unspecified atom stereocenters. The first-order valence-corrected chi connectivity index (χ1v) is 10.6. The molecule has 5 rings (SSSR count). The monoisotopic (exact) mass is 475 g/mol. The summed E-state index contributed by atoms with van der Waals surface area (Å²) in [6, 6.07) is 23.3. The second-order valence-electron chi connectivity index (χ2n) is 7.30. The van der Waals surface area contributed by atoms with Crippen molar-refractivity contribution >= 4 is 44.8 Å². The molecular weight excluding hydrogens is 458 g/mol. The third-order valence-electron chi connectivity index (χ3n) is 5.54. The van der Waals surface area contributed by atoms with Gasteiger partial charge >= 0.3 is 0 Å². The number of para-hydroxylation sites is 1. The number of carbonyl (C=O) groups is 2. The number of hydrogen-bond donors (Lipinski definition) is 0. The minimum atomic E-state index is -0.726. The van der Waals surface area contributed by atoms with Crippen LogP contribution in [0.25, 0.3) is 0 Å². The summed E-state index contributed by atoms with van der Waals surface area (Å²) in [4.78, 5) is 28.3. The van der Waals surface area contributed by atoms with Crippen molar-refractivity contribution in [2.45, 2.75) is 6.04 Å². The maximum Gasteiger partial charge on any atom is 0.259 e. The number of benzene rings is 3. The molecule has 0 saturated carbocycles. The standard InChI is InChI=1S/C24H18BrN3O3/c1-31-19-13-7-15(8-14-19)21-20-22(28(26-21)18-5-3-2-4-6-18)24(30)27(23(20)29)17-11-9-16(25)10-12-17/h2-14,20,22H,1H3. The largest absolute Gasteiger partial charge is 0.497 e. The maximum absolute atomic E-state index is 13.5. The van der Waals surface area contributed by atoms with Gasteiger partial charge in [0, 0.05) is 4.47 Å². The number of amides is 2. The number of methoxy groups -OCH3 is 1. The topological polar surface area (TPSA) is 62.2 Å². The quantitative estimate of drug-likeness (QED) is 0.529. The molecule has 0 bridgehead atoms. The van der Waals surface area contributed by atoms with Crippen LogP contribution in [0.3, 0.4) is 0 Å². The molecule has 7 heteroatoms. The molecule has 0 N–H and O–H groups in total. The van der Waals surface area contributed by atoms with Crippen LogP contribution < -0.4 is 14.6 Å². The Kier molecular flexibility index (Phi) is 4.82. The van der Waals surface area contributed by atoms with Gasteiger partial charge in [-0.05, 0) is 66.2 Å². The molecule has 2 aliphatic rings. The summed E-state index contributed by atoms with van der Waals surface area (Å²) in [6.07, 6.45) is 0. The third-order valence-corrected chi connectivity index (χ3v) is 6.07. The molecule has 2 aliphatic heterocycles. The van der Waals surface area contributed by atoms with Crippen molar-refractivity contribution in [2.24, 2.45) is 11.0 Å². The molecule has 2 atom stereocenters. The minimum Gasteiger partial charge on any atom is -0.497 e. The van der Waals surface area contributed by atoms with E-state index in [0.717, 1.165) is 15.7 Å². The third kappa shape index (κ3) is 3.21. The van der Waals surface area contributed by atoms with Crippen LogP contribution in [-0.4, -0.2) is 30.7 Å². The van der Waals surface area contributed by atoms with Crippen LogP contribution in [0.1, 0.15) is 5.56 Å². The van der Waals surface area contributed by atoms with Crippen molar-refractivity contribution in [1.29, 1.82) is 0 Å². The van der Waals surface area contributed by atoms with E-state index in [1.165, 1.54) is 4.90 Å². The predicted molar refractivity (Wildman–Crippen MR) is 122 cm³/mol. The highest BCUT2D eigenvalue weighted by molar-refractivity contribution is 9.10. The van der Waals surface area contributed by atoms with E-state index in [2.05, 4.69) is 15.9 Å². The number of fused-ring (bicyclic) bond motifs is 1. The highest BCUT2D eigenvalue weighted by Gasteiger charge is 2.57. The van der Waals surface area contributed by atoms with E-state index in [1.807, 2.05) is 66.7 Å². The Morgan fingerprint density at radius 3 is 2.16 bits per heavy atom. The number of carbonyl (C=O) groups excluding carboxylic acids is 2. The lowest BCUT2D eigenvalue weighted by Crippen LogP contribution is -2.39. The number of halogens is 1. The van der Waals surface area contributed by atoms with Crippen molar-refractivity contribution in [3.05, 3.63) is 88.9 Å². The number of hydrazone groups is 1. The maximum atomic E-state index is 13.5. The van der Waals surface area contributed by atoms with Crippen molar-refractivity contribution in [2.75, 3.05) is 17.0 Å². The van der Waals surface area contributed by atoms with Gasteiger partial charge in [0.05, 0.1) is 24.2 Å². The van der Waals surface area contributed by atoms with Crippen LogP contribution >= 0.6 is 15.9 Å². The zero-order valence-electron chi connectivity index (χ0n) is 16.6. The van der Waals surface area contributed by atoms with Gasteiger partial charge in [0.25, 0.3) is 5.91 Å². The molecule has 1 fully saturated rings. The van der Waals surface area contributed by atoms with Crippen LogP contribution in [-0.2, 0) is 9.59 Å². The first-order chi connectivity index (χ1) is 15.1. The van der Waals surface area contributed by atoms with Gasteiger partial charge in [-0.15, -0.1) is 0 Å². The molecule has 6 nitrogen and oxygen atoms in total. The number of nitrogens with zero attached hydrogens (tertiary/aromatic N) is 3. The summed E-state index contributed by atoms with van der Waals surface area (Å²) in [6.45, 7) is 0. The molecule has 31 heavy (non-hydrogen) atoms. The zero-order valence-corrected chi connectivity index (χ0v) is 18.2. The molecule has 1 saturated heterocycles. The lowest BCUT2D eigenvalue weighted by Gasteiger charge is -2.22. The fraction of sp³-hybridized carbons (Fsp3) is 0.125. The first-order valence-electron chi connectivity index (χ1n) is 9.79. The minimum absolute atomic E-state index is 0.273. The Morgan fingerprint density at radius 2 is 1.52 bits per heavy atom. The molecule has 2 amide bonds. The van der Waals surface area contributed by atoms with E-state index in [1.54, 1.807) is 24.3 Å². The zero-order chi connectivity index (χ0) is 21.5. The van der Waals surface area contributed by atoms with E-state index in [4.69, 9.17) is 9.84 Å². The Bertz CT molecular complexity index is 1180. The van der Waals surface area contributed by atoms with Crippen LogP contribution in [0, 0.1) is 5.92 Å². The number of hydrogen-bond acceptors (Lipinski definition) is 5. The fourth-order valence-electron chi connectivity index (χ4n) is 4.05. The summed E-state index contributed by atoms with van der Waals surface area (Å²) < 4.78 is 6.12. The molecule has 3 aromatic rings. The van der Waals surface area contributed by atoms with Crippen molar-refractivity contribution in [3.63, 3.8) is 0 Å². The van der Waals surface area contributed by atoms with E-state index in [0.29, 0.717) is 17.1 Å². The molecule has 0 aromatic heterocycles. The van der Waals surface area contributed by atoms with Crippen molar-refractivity contribution < 1.29 is 14.3 Å². The molecule has 0 radical (unpaired) electrons. The number of anilines is 2. The first kappa shape index (κ1) is 19.5. The van der Waals surface area contributed by atoms with Gasteiger partial charge in [0.1, 0.15) is 17.7 Å². The summed E-state index contributed by atoms with van der Waals surface area (Å²) >= 11 is 3.40. The summed E-state index contributed by atoms with van der Waals surface area (Å²) in [5.41, 5.74) is 2.68. The number of imide groups is 1. The average molecular weight is 476 g/mol. The van der Waals surface area contributed by atoms with Gasteiger partial charge in [-0.2, -0.15) is 5.10 Å². The lowest BCUT2D eigenvalue weighted by molar-refractivity contribution is -0.121. The van der Waals surface area contributed by atoms with Gasteiger partial charge in [-0.1, -0.05) is 34.1 Å². The Balaban J connectivity index is 1.61. The Morgan fingerprint density at radius 1 is 0.839 bits per heavy atom. The lowest BCUT2D eigenvalue weighted by atomic mass is 9.93. The van der Waals surface area contributed by atoms with E-state index in [9.17, 15) is 9.59 Å². The SMILES string of the molecule is COc1ccc(C2=NN(c3ccccc3)C3C(=O)N(c4ccc(Br)cc4)C(=O)C23)cc1. The predicted octanol–water partition coefficient (Wildman–Crippen LogP) is 4.24. The highest BCUT2D eigenvalue weighted by Crippen LogP contribution is 2.39. The van der Waals surface area contributed by atoms with E-state index >= 15 is 0 Å². The van der Waals surface area contributed by atoms with Gasteiger partial charge in [-0.25, -0.2) is 4.90 Å². The average Bonchev–Trinajstić information content (AvgIpc) is 3.32. The van der Waals surface area contributed by atoms with Crippen LogP contribution in [0.5, 0.6) is 5.75 Å². The van der Waals surface area contributed by atoms with Crippen molar-refractivity contribution in [3.8, 4) is 5.75 Å². The summed E-state index contributed by atoms with van der Waals surface area (Å²) in [5, 5.41) is 6.41. The van der Waals surface area contributed by atoms with E-state index < -0.39 is 12.0 Å². The van der Waals surface area contributed by atoms with E-state index in [-0.39, 0.29) is 11.8 Å². The molecule has 3 aromatic carbocycles. The summed E-state index contributed by atoms with van der Waals surface area (Å²) in [5.74, 6) is -0.535. The van der Waals surface area contributed by atoms with Crippen LogP contribution in [0.4, 0.5) is 11.4 Å². The van der Waals surface area contributed by atoms with Crippen molar-refractivity contribution in [1.82, 2.24) is 0 Å². The van der Waals surface area contributed by atoms with Crippen LogP contribution in [0.15, 0.2) is 88.4 Å². The molecular formula is C24H18BrN3O3. The van der Waals surface area contributed by atoms with Gasteiger partial charge in [0.15, 0.2) is 0 Å². The number of ether oxygens (including phenoxy) is 1.